The van der Waals surface area contributed by atoms with E-state index in [2.05, 4.69) is 20.8 Å². The fraction of sp³-hybridized carbons (Fsp3) is 0.812. The third-order valence-corrected chi connectivity index (χ3v) is 4.28. The summed E-state index contributed by atoms with van der Waals surface area (Å²) in [5.41, 5.74) is 2.73. The van der Waals surface area contributed by atoms with Crippen LogP contribution in [0.5, 0.6) is 0 Å². The number of amides is 1. The van der Waals surface area contributed by atoms with Gasteiger partial charge in [-0.2, -0.15) is 0 Å². The van der Waals surface area contributed by atoms with E-state index in [0.717, 1.165) is 12.8 Å². The molecule has 0 saturated heterocycles. The number of aliphatic hydroxyl groups is 2. The van der Waals surface area contributed by atoms with E-state index >= 15 is 0 Å². The fourth-order valence-electron chi connectivity index (χ4n) is 2.75. The molecule has 0 spiro atoms. The summed E-state index contributed by atoms with van der Waals surface area (Å²) in [7, 11) is 0. The smallest absolute Gasteiger partial charge is 0.226 e. The molecule has 4 heteroatoms. The second-order valence-corrected chi connectivity index (χ2v) is 6.79. The maximum absolute atomic E-state index is 12.4. The summed E-state index contributed by atoms with van der Waals surface area (Å²) in [4.78, 5) is 14.0. The Labute approximate surface area is 122 Å². The zero-order valence-electron chi connectivity index (χ0n) is 13.4. The zero-order valence-corrected chi connectivity index (χ0v) is 13.4. The lowest BCUT2D eigenvalue weighted by Crippen LogP contribution is -2.40. The first kappa shape index (κ1) is 17.2. The lowest BCUT2D eigenvalue weighted by atomic mass is 9.86. The van der Waals surface area contributed by atoms with Crippen molar-refractivity contribution in [2.24, 2.45) is 5.41 Å². The Kier molecular flexibility index (Phi) is 5.78. The molecule has 0 aromatic rings. The van der Waals surface area contributed by atoms with Gasteiger partial charge in [0.05, 0.1) is 12.2 Å². The van der Waals surface area contributed by atoms with Gasteiger partial charge in [-0.25, -0.2) is 0 Å². The largest absolute Gasteiger partial charge is 0.392 e. The Balaban J connectivity index is 2.74. The van der Waals surface area contributed by atoms with Gasteiger partial charge in [0.25, 0.3) is 0 Å². The van der Waals surface area contributed by atoms with Crippen LogP contribution in [0.1, 0.15) is 53.9 Å². The first-order chi connectivity index (χ1) is 9.13. The van der Waals surface area contributed by atoms with Crippen LogP contribution in [-0.4, -0.2) is 46.3 Å². The van der Waals surface area contributed by atoms with Crippen LogP contribution < -0.4 is 0 Å². The van der Waals surface area contributed by atoms with Crippen molar-refractivity contribution in [2.45, 2.75) is 66.1 Å². The predicted molar refractivity (Wildman–Crippen MR) is 80.3 cm³/mol. The van der Waals surface area contributed by atoms with Gasteiger partial charge in [-0.15, -0.1) is 0 Å². The molecule has 0 aliphatic heterocycles. The highest BCUT2D eigenvalue weighted by molar-refractivity contribution is 5.79. The van der Waals surface area contributed by atoms with E-state index in [1.165, 1.54) is 11.1 Å². The minimum Gasteiger partial charge on any atom is -0.392 e. The third kappa shape index (κ3) is 4.60. The average molecular weight is 283 g/mol. The topological polar surface area (TPSA) is 60.8 Å². The molecular formula is C16H29NO3. The van der Waals surface area contributed by atoms with Crippen LogP contribution in [0.25, 0.3) is 0 Å². The molecule has 1 rings (SSSR count). The Morgan fingerprint density at radius 1 is 1.25 bits per heavy atom. The normalized spacial score (nSPS) is 20.9. The molecule has 0 heterocycles. The van der Waals surface area contributed by atoms with Crippen LogP contribution in [-0.2, 0) is 4.79 Å². The number of hydrogen-bond acceptors (Lipinski definition) is 3. The van der Waals surface area contributed by atoms with Crippen LogP contribution in [0.2, 0.25) is 0 Å². The molecule has 0 radical (unpaired) electrons. The van der Waals surface area contributed by atoms with Gasteiger partial charge in [0.1, 0.15) is 0 Å². The SMILES string of the molecule is CC1=C(CC(=O)N(CC(C)O)CC(C)O)CCC1(C)C. The third-order valence-electron chi connectivity index (χ3n) is 4.28. The van der Waals surface area contributed by atoms with E-state index in [4.69, 9.17) is 0 Å². The lowest BCUT2D eigenvalue weighted by Gasteiger charge is -2.26. The number of rotatable bonds is 6. The van der Waals surface area contributed by atoms with Crippen LogP contribution in [0, 0.1) is 5.41 Å². The van der Waals surface area contributed by atoms with Crippen LogP contribution in [0.15, 0.2) is 11.1 Å². The zero-order chi connectivity index (χ0) is 15.5. The Hall–Kier alpha value is -0.870. The Morgan fingerprint density at radius 3 is 2.10 bits per heavy atom. The summed E-state index contributed by atoms with van der Waals surface area (Å²) in [5, 5.41) is 19.0. The number of aliphatic hydroxyl groups excluding tert-OH is 2. The first-order valence-corrected chi connectivity index (χ1v) is 7.46. The van der Waals surface area contributed by atoms with Crippen LogP contribution in [0.3, 0.4) is 0 Å². The summed E-state index contributed by atoms with van der Waals surface area (Å²) in [6.45, 7) is 10.4. The minimum absolute atomic E-state index is 0.00106. The highest BCUT2D eigenvalue weighted by Gasteiger charge is 2.31. The number of carbonyl (C=O) groups is 1. The van der Waals surface area contributed by atoms with Crippen molar-refractivity contribution in [1.82, 2.24) is 4.90 Å². The van der Waals surface area contributed by atoms with Crippen LogP contribution in [0.4, 0.5) is 0 Å². The van der Waals surface area contributed by atoms with Crippen LogP contribution >= 0.6 is 0 Å². The second-order valence-electron chi connectivity index (χ2n) is 6.79. The minimum atomic E-state index is -0.576. The van der Waals surface area contributed by atoms with Gasteiger partial charge < -0.3 is 15.1 Å². The Bertz CT molecular complexity index is 373. The fourth-order valence-corrected chi connectivity index (χ4v) is 2.75. The van der Waals surface area contributed by atoms with Gasteiger partial charge in [-0.3, -0.25) is 4.79 Å². The summed E-state index contributed by atoms with van der Waals surface area (Å²) in [6.07, 6.45) is 1.32. The molecule has 2 unspecified atom stereocenters. The molecule has 1 amide bonds. The summed E-state index contributed by atoms with van der Waals surface area (Å²) in [5.74, 6) is -0.00106. The van der Waals surface area contributed by atoms with Crippen molar-refractivity contribution < 1.29 is 15.0 Å². The Morgan fingerprint density at radius 2 is 1.75 bits per heavy atom. The highest BCUT2D eigenvalue weighted by Crippen LogP contribution is 2.43. The summed E-state index contributed by atoms with van der Waals surface area (Å²) >= 11 is 0. The molecular weight excluding hydrogens is 254 g/mol. The maximum Gasteiger partial charge on any atom is 0.226 e. The molecule has 4 nitrogen and oxygen atoms in total. The van der Waals surface area contributed by atoms with Crippen molar-refractivity contribution in [1.29, 1.82) is 0 Å². The highest BCUT2D eigenvalue weighted by atomic mass is 16.3. The van der Waals surface area contributed by atoms with E-state index in [-0.39, 0.29) is 24.4 Å². The first-order valence-electron chi connectivity index (χ1n) is 7.46. The van der Waals surface area contributed by atoms with Crippen molar-refractivity contribution in [2.75, 3.05) is 13.1 Å². The summed E-state index contributed by atoms with van der Waals surface area (Å²) < 4.78 is 0. The molecule has 0 aromatic heterocycles. The molecule has 0 aromatic carbocycles. The predicted octanol–water partition coefficient (Wildman–Crippen LogP) is 2.10. The maximum atomic E-state index is 12.4. The molecule has 20 heavy (non-hydrogen) atoms. The molecule has 0 fully saturated rings. The van der Waals surface area contributed by atoms with Gasteiger partial charge in [0.15, 0.2) is 0 Å². The number of hydrogen-bond donors (Lipinski definition) is 2. The van der Waals surface area contributed by atoms with Crippen molar-refractivity contribution in [3.8, 4) is 0 Å². The molecule has 0 saturated carbocycles. The van der Waals surface area contributed by atoms with E-state index in [1.807, 2.05) is 0 Å². The molecule has 2 atom stereocenters. The number of carbonyl (C=O) groups excluding carboxylic acids is 1. The van der Waals surface area contributed by atoms with E-state index in [1.54, 1.807) is 18.7 Å². The molecule has 1 aliphatic rings. The lowest BCUT2D eigenvalue weighted by molar-refractivity contribution is -0.133. The number of allylic oxidation sites excluding steroid dienone is 1. The van der Waals surface area contributed by atoms with E-state index in [9.17, 15) is 15.0 Å². The standard InChI is InChI=1S/C16H29NO3/c1-11(18)9-17(10-12(2)19)15(20)8-14-6-7-16(4,5)13(14)3/h11-12,18-19H,6-10H2,1-5H3. The van der Waals surface area contributed by atoms with Gasteiger partial charge in [0.2, 0.25) is 5.91 Å². The van der Waals surface area contributed by atoms with Crippen molar-refractivity contribution in [3.05, 3.63) is 11.1 Å². The average Bonchev–Trinajstić information content (AvgIpc) is 2.54. The van der Waals surface area contributed by atoms with Crippen molar-refractivity contribution in [3.63, 3.8) is 0 Å². The molecule has 2 N–H and O–H groups in total. The van der Waals surface area contributed by atoms with Gasteiger partial charge in [-0.05, 0) is 39.0 Å². The van der Waals surface area contributed by atoms with E-state index in [0.29, 0.717) is 6.42 Å². The van der Waals surface area contributed by atoms with E-state index < -0.39 is 12.2 Å². The quantitative estimate of drug-likeness (QED) is 0.734. The van der Waals surface area contributed by atoms with Gasteiger partial charge in [-0.1, -0.05) is 25.0 Å². The van der Waals surface area contributed by atoms with Gasteiger partial charge in [0, 0.05) is 19.5 Å². The summed E-state index contributed by atoms with van der Waals surface area (Å²) in [6, 6.07) is 0. The molecule has 1 aliphatic carbocycles. The number of nitrogens with zero attached hydrogens (tertiary/aromatic N) is 1. The van der Waals surface area contributed by atoms with Gasteiger partial charge >= 0.3 is 0 Å². The monoisotopic (exact) mass is 283 g/mol. The molecule has 116 valence electrons. The van der Waals surface area contributed by atoms with Crippen molar-refractivity contribution >= 4 is 5.91 Å². The second kappa shape index (κ2) is 6.72. The molecule has 0 bridgehead atoms.